The first kappa shape index (κ1) is 19.3. The Morgan fingerprint density at radius 2 is 1.72 bits per heavy atom. The molecule has 2 rings (SSSR count). The van der Waals surface area contributed by atoms with E-state index < -0.39 is 18.0 Å². The lowest BCUT2D eigenvalue weighted by Gasteiger charge is -2.21. The number of anilines is 1. The molecule has 0 spiro atoms. The molecule has 1 amide bonds. The molecule has 0 bridgehead atoms. The maximum absolute atomic E-state index is 12.5. The van der Waals surface area contributed by atoms with E-state index in [-0.39, 0.29) is 26.6 Å². The quantitative estimate of drug-likeness (QED) is 0.624. The van der Waals surface area contributed by atoms with Crippen molar-refractivity contribution in [1.29, 1.82) is 0 Å². The maximum Gasteiger partial charge on any atom is 0.359 e. The topological polar surface area (TPSA) is 85.5 Å². The lowest BCUT2D eigenvalue weighted by molar-refractivity contribution is -0.138. The van der Waals surface area contributed by atoms with Crippen LogP contribution in [-0.4, -0.2) is 35.9 Å². The third kappa shape index (κ3) is 4.15. The van der Waals surface area contributed by atoms with Crippen molar-refractivity contribution in [2.75, 3.05) is 19.8 Å². The van der Waals surface area contributed by atoms with Crippen LogP contribution in [0.5, 0.6) is 0 Å². The molecule has 0 aliphatic carbocycles. The number of halogens is 3. The molecule has 0 saturated carbocycles. The van der Waals surface area contributed by atoms with Gasteiger partial charge in [0, 0.05) is 19.7 Å². The minimum absolute atomic E-state index is 0.0628. The monoisotopic (exact) mass is 401 g/mol. The van der Waals surface area contributed by atoms with Crippen LogP contribution in [0, 0.1) is 0 Å². The molecule has 2 N–H and O–H groups in total. The molecule has 6 nitrogen and oxygen atoms in total. The summed E-state index contributed by atoms with van der Waals surface area (Å²) in [6, 6.07) is 8.55. The second kappa shape index (κ2) is 7.91. The molecule has 1 aromatic carbocycles. The second-order valence-corrected chi connectivity index (χ2v) is 6.34. The van der Waals surface area contributed by atoms with Crippen molar-refractivity contribution in [3.8, 4) is 0 Å². The number of esters is 1. The number of nitrogens with two attached hydrogens (primary N) is 1. The minimum atomic E-state index is -1.17. The Morgan fingerprint density at radius 1 is 1.12 bits per heavy atom. The number of carbonyl (C=O) groups excluding carboxylic acids is 2. The summed E-state index contributed by atoms with van der Waals surface area (Å²) < 4.78 is 5.34. The van der Waals surface area contributed by atoms with Gasteiger partial charge in [-0.2, -0.15) is 0 Å². The number of ether oxygens (including phenoxy) is 1. The van der Waals surface area contributed by atoms with Gasteiger partial charge in [-0.15, -0.1) is 0 Å². The first-order valence-corrected chi connectivity index (χ1v) is 8.14. The van der Waals surface area contributed by atoms with Crippen LogP contribution in [0.1, 0.15) is 22.2 Å². The van der Waals surface area contributed by atoms with E-state index in [1.807, 2.05) is 0 Å². The average molecular weight is 403 g/mol. The first-order chi connectivity index (χ1) is 11.7. The van der Waals surface area contributed by atoms with Gasteiger partial charge >= 0.3 is 5.97 Å². The largest absolute Gasteiger partial charge is 0.443 e. The smallest absolute Gasteiger partial charge is 0.359 e. The lowest BCUT2D eigenvalue weighted by atomic mass is 10.1. The maximum atomic E-state index is 12.5. The van der Waals surface area contributed by atoms with Crippen LogP contribution in [-0.2, 0) is 9.53 Å². The van der Waals surface area contributed by atoms with Gasteiger partial charge in [-0.25, -0.2) is 9.78 Å². The molecule has 0 fully saturated rings. The summed E-state index contributed by atoms with van der Waals surface area (Å²) >= 11 is 17.7. The molecule has 9 heteroatoms. The Balaban J connectivity index is 2.40. The van der Waals surface area contributed by atoms with E-state index in [0.29, 0.717) is 5.56 Å². The van der Waals surface area contributed by atoms with Gasteiger partial charge in [-0.05, 0) is 0 Å². The van der Waals surface area contributed by atoms with Crippen molar-refractivity contribution >= 4 is 52.4 Å². The van der Waals surface area contributed by atoms with E-state index in [2.05, 4.69) is 4.98 Å². The molecular weight excluding hydrogens is 389 g/mol. The molecule has 1 heterocycles. The highest BCUT2D eigenvalue weighted by Crippen LogP contribution is 2.35. The average Bonchev–Trinajstić information content (AvgIpc) is 2.60. The summed E-state index contributed by atoms with van der Waals surface area (Å²) in [6.07, 6.45) is -1.17. The Labute approximate surface area is 159 Å². The van der Waals surface area contributed by atoms with Gasteiger partial charge in [0.05, 0.1) is 10.7 Å². The normalized spacial score (nSPS) is 11.7. The molecule has 25 heavy (non-hydrogen) atoms. The Kier molecular flexibility index (Phi) is 6.11. The molecule has 0 unspecified atom stereocenters. The third-order valence-corrected chi connectivity index (χ3v) is 4.39. The number of hydrogen-bond acceptors (Lipinski definition) is 5. The molecule has 0 saturated heterocycles. The van der Waals surface area contributed by atoms with Gasteiger partial charge in [0.15, 0.2) is 10.8 Å². The Bertz CT molecular complexity index is 813. The van der Waals surface area contributed by atoms with Crippen LogP contribution in [0.25, 0.3) is 0 Å². The van der Waals surface area contributed by atoms with Crippen molar-refractivity contribution in [2.45, 2.75) is 6.10 Å². The first-order valence-electron chi connectivity index (χ1n) is 7.01. The molecule has 0 aliphatic rings. The summed E-state index contributed by atoms with van der Waals surface area (Å²) in [5.41, 5.74) is 5.79. The number of carbonyl (C=O) groups is 2. The van der Waals surface area contributed by atoms with Crippen LogP contribution in [0.4, 0.5) is 5.69 Å². The zero-order chi connectivity index (χ0) is 18.7. The van der Waals surface area contributed by atoms with Gasteiger partial charge < -0.3 is 15.4 Å². The summed E-state index contributed by atoms with van der Waals surface area (Å²) in [5, 5.41) is -0.443. The summed E-state index contributed by atoms with van der Waals surface area (Å²) in [4.78, 5) is 30.0. The van der Waals surface area contributed by atoms with Crippen LogP contribution in [0.2, 0.25) is 15.2 Å². The highest BCUT2D eigenvalue weighted by atomic mass is 35.5. The molecule has 0 radical (unpaired) electrons. The standard InChI is InChI=1S/C16H14Cl3N3O3/c1-22(2)15(23)13(8-6-4-3-5-7-8)25-16(24)12-9(17)11(20)10(18)14(19)21-12/h3-7,13H,1-2H3,(H2,20,21)/t13-/m0/s1. The molecule has 1 atom stereocenters. The van der Waals surface area contributed by atoms with Crippen molar-refractivity contribution < 1.29 is 14.3 Å². The van der Waals surface area contributed by atoms with Gasteiger partial charge in [-0.3, -0.25) is 4.79 Å². The van der Waals surface area contributed by atoms with E-state index in [4.69, 9.17) is 45.3 Å². The number of benzene rings is 1. The zero-order valence-corrected chi connectivity index (χ0v) is 15.6. The Morgan fingerprint density at radius 3 is 2.28 bits per heavy atom. The van der Waals surface area contributed by atoms with Gasteiger partial charge in [-0.1, -0.05) is 65.1 Å². The summed E-state index contributed by atoms with van der Waals surface area (Å²) in [7, 11) is 3.10. The zero-order valence-electron chi connectivity index (χ0n) is 13.3. The number of pyridine rings is 1. The van der Waals surface area contributed by atoms with Gasteiger partial charge in [0.2, 0.25) is 6.10 Å². The lowest BCUT2D eigenvalue weighted by Crippen LogP contribution is -2.31. The molecular formula is C16H14Cl3N3O3. The van der Waals surface area contributed by atoms with Crippen LogP contribution in [0.3, 0.4) is 0 Å². The van der Waals surface area contributed by atoms with Gasteiger partial charge in [0.25, 0.3) is 5.91 Å². The van der Waals surface area contributed by atoms with Crippen LogP contribution >= 0.6 is 34.8 Å². The van der Waals surface area contributed by atoms with Crippen molar-refractivity contribution in [1.82, 2.24) is 9.88 Å². The van der Waals surface area contributed by atoms with Gasteiger partial charge in [0.1, 0.15) is 5.02 Å². The number of rotatable bonds is 4. The van der Waals surface area contributed by atoms with Crippen LogP contribution < -0.4 is 5.73 Å². The van der Waals surface area contributed by atoms with Crippen molar-refractivity contribution in [3.05, 3.63) is 56.8 Å². The highest BCUT2D eigenvalue weighted by molar-refractivity contribution is 6.46. The summed E-state index contributed by atoms with van der Waals surface area (Å²) in [6.45, 7) is 0. The van der Waals surface area contributed by atoms with Crippen LogP contribution in [0.15, 0.2) is 30.3 Å². The number of aromatic nitrogens is 1. The van der Waals surface area contributed by atoms with E-state index >= 15 is 0 Å². The number of hydrogen-bond donors (Lipinski definition) is 1. The molecule has 1 aromatic heterocycles. The van der Waals surface area contributed by atoms with E-state index in [0.717, 1.165) is 0 Å². The van der Waals surface area contributed by atoms with E-state index in [1.165, 1.54) is 4.90 Å². The number of nitrogens with zero attached hydrogens (tertiary/aromatic N) is 2. The van der Waals surface area contributed by atoms with E-state index in [1.54, 1.807) is 44.4 Å². The minimum Gasteiger partial charge on any atom is -0.443 e. The highest BCUT2D eigenvalue weighted by Gasteiger charge is 2.29. The predicted molar refractivity (Wildman–Crippen MR) is 97.0 cm³/mol. The Hall–Kier alpha value is -2.02. The predicted octanol–water partition coefficient (Wildman–Crippen LogP) is 3.61. The summed E-state index contributed by atoms with van der Waals surface area (Å²) in [5.74, 6) is -1.37. The fourth-order valence-electron chi connectivity index (χ4n) is 1.95. The van der Waals surface area contributed by atoms with E-state index in [9.17, 15) is 9.59 Å². The fraction of sp³-hybridized carbons (Fsp3) is 0.188. The number of nitrogen functional groups attached to an aromatic ring is 1. The second-order valence-electron chi connectivity index (χ2n) is 5.22. The third-order valence-electron chi connectivity index (χ3n) is 3.26. The fourth-order valence-corrected chi connectivity index (χ4v) is 2.54. The molecule has 2 aromatic rings. The number of amides is 1. The number of likely N-dealkylation sites (N-methyl/N-ethyl adjacent to an activating group) is 1. The molecule has 0 aliphatic heterocycles. The van der Waals surface area contributed by atoms with Crippen molar-refractivity contribution in [3.63, 3.8) is 0 Å². The SMILES string of the molecule is CN(C)C(=O)[C@@H](OC(=O)c1nc(Cl)c(Cl)c(N)c1Cl)c1ccccc1. The molecule has 132 valence electrons. The van der Waals surface area contributed by atoms with Crippen molar-refractivity contribution in [2.24, 2.45) is 0 Å².